The number of carbonyl (C=O) groups excluding carboxylic acids is 2. The number of benzene rings is 1. The summed E-state index contributed by atoms with van der Waals surface area (Å²) in [5.41, 5.74) is 2.87. The number of aliphatic hydroxyl groups excluding tert-OH is 1. The van der Waals surface area contributed by atoms with Crippen molar-refractivity contribution >= 4 is 11.9 Å². The molecule has 0 aliphatic carbocycles. The number of aliphatic hydroxyl groups is 1. The number of fused-ring (bicyclic) bond motifs is 1. The molecule has 0 radical (unpaired) electrons. The highest BCUT2D eigenvalue weighted by Gasteiger charge is 2.47. The Morgan fingerprint density at radius 2 is 1.90 bits per heavy atom. The maximum Gasteiger partial charge on any atom is 0.327 e. The Labute approximate surface area is 124 Å². The van der Waals surface area contributed by atoms with Crippen LogP contribution in [0.5, 0.6) is 0 Å². The Bertz CT molecular complexity index is 557. The minimum atomic E-state index is -0.837. The van der Waals surface area contributed by atoms with Crippen LogP contribution in [0.2, 0.25) is 0 Å². The van der Waals surface area contributed by atoms with Crippen molar-refractivity contribution in [2.24, 2.45) is 0 Å². The number of imide groups is 1. The molecular formula is C16H20N2O3. The summed E-state index contributed by atoms with van der Waals surface area (Å²) in [5.74, 6) is -0.166. The maximum atomic E-state index is 12.3. The number of aryl methyl sites for hydroxylation is 2. The Kier molecular flexibility index (Phi) is 3.45. The Hall–Kier alpha value is -1.88. The SMILES string of the molecule is Cc1cc(C)cc(C(O)CN2C(=O)C3CCCN3C2=O)c1. The van der Waals surface area contributed by atoms with E-state index in [1.54, 1.807) is 4.90 Å². The number of amides is 3. The molecule has 21 heavy (non-hydrogen) atoms. The number of carbonyl (C=O) groups is 2. The van der Waals surface area contributed by atoms with Gasteiger partial charge in [0.25, 0.3) is 5.91 Å². The van der Waals surface area contributed by atoms with E-state index in [1.165, 1.54) is 4.90 Å². The zero-order valence-electron chi connectivity index (χ0n) is 12.4. The fourth-order valence-electron chi connectivity index (χ4n) is 3.33. The van der Waals surface area contributed by atoms with Gasteiger partial charge >= 0.3 is 6.03 Å². The Morgan fingerprint density at radius 1 is 1.24 bits per heavy atom. The zero-order chi connectivity index (χ0) is 15.1. The fourth-order valence-corrected chi connectivity index (χ4v) is 3.33. The summed E-state index contributed by atoms with van der Waals surface area (Å²) < 4.78 is 0. The Morgan fingerprint density at radius 3 is 2.52 bits per heavy atom. The molecule has 1 N–H and O–H groups in total. The number of rotatable bonds is 3. The van der Waals surface area contributed by atoms with Crippen LogP contribution < -0.4 is 0 Å². The van der Waals surface area contributed by atoms with Crippen molar-refractivity contribution in [1.29, 1.82) is 0 Å². The highest BCUT2D eigenvalue weighted by Crippen LogP contribution is 2.29. The van der Waals surface area contributed by atoms with E-state index in [0.717, 1.165) is 29.5 Å². The third-order valence-electron chi connectivity index (χ3n) is 4.26. The van der Waals surface area contributed by atoms with Gasteiger partial charge in [-0.05, 0) is 32.3 Å². The first kappa shape index (κ1) is 14.1. The Balaban J connectivity index is 1.77. The van der Waals surface area contributed by atoms with Crippen LogP contribution in [0.4, 0.5) is 4.79 Å². The van der Waals surface area contributed by atoms with E-state index >= 15 is 0 Å². The number of nitrogens with zero attached hydrogens (tertiary/aromatic N) is 2. The van der Waals surface area contributed by atoms with Crippen molar-refractivity contribution in [1.82, 2.24) is 9.80 Å². The molecule has 0 bridgehead atoms. The van der Waals surface area contributed by atoms with Gasteiger partial charge < -0.3 is 10.0 Å². The van der Waals surface area contributed by atoms with E-state index in [4.69, 9.17) is 0 Å². The van der Waals surface area contributed by atoms with Crippen LogP contribution in [0.25, 0.3) is 0 Å². The van der Waals surface area contributed by atoms with Gasteiger partial charge in [0.1, 0.15) is 6.04 Å². The van der Waals surface area contributed by atoms with Crippen LogP contribution >= 0.6 is 0 Å². The van der Waals surface area contributed by atoms with E-state index in [-0.39, 0.29) is 24.5 Å². The lowest BCUT2D eigenvalue weighted by atomic mass is 10.0. The number of hydrogen-bond acceptors (Lipinski definition) is 3. The molecule has 2 atom stereocenters. The molecule has 5 nitrogen and oxygen atoms in total. The lowest BCUT2D eigenvalue weighted by Crippen LogP contribution is -2.36. The van der Waals surface area contributed by atoms with Crippen molar-refractivity contribution in [3.63, 3.8) is 0 Å². The minimum absolute atomic E-state index is 0.0353. The molecule has 2 saturated heterocycles. The average molecular weight is 288 g/mol. The van der Waals surface area contributed by atoms with Crippen molar-refractivity contribution in [3.05, 3.63) is 34.9 Å². The van der Waals surface area contributed by atoms with Crippen molar-refractivity contribution in [3.8, 4) is 0 Å². The van der Waals surface area contributed by atoms with Gasteiger partial charge in [0.15, 0.2) is 0 Å². The number of hydrogen-bond donors (Lipinski definition) is 1. The quantitative estimate of drug-likeness (QED) is 0.862. The van der Waals surface area contributed by atoms with Crippen LogP contribution in [0.3, 0.4) is 0 Å². The van der Waals surface area contributed by atoms with Crippen LogP contribution in [0.15, 0.2) is 18.2 Å². The van der Waals surface area contributed by atoms with Crippen molar-refractivity contribution in [2.45, 2.75) is 38.8 Å². The normalized spacial score (nSPS) is 22.9. The van der Waals surface area contributed by atoms with Gasteiger partial charge in [-0.15, -0.1) is 0 Å². The standard InChI is InChI=1S/C16H20N2O3/c1-10-6-11(2)8-12(7-10)14(19)9-18-15(20)13-4-3-5-17(13)16(18)21/h6-8,13-14,19H,3-5,9H2,1-2H3. The summed E-state index contributed by atoms with van der Waals surface area (Å²) in [4.78, 5) is 27.3. The molecule has 112 valence electrons. The summed E-state index contributed by atoms with van der Waals surface area (Å²) >= 11 is 0. The molecular weight excluding hydrogens is 268 g/mol. The van der Waals surface area contributed by atoms with Crippen LogP contribution in [0, 0.1) is 13.8 Å². The van der Waals surface area contributed by atoms with Gasteiger partial charge in [0.2, 0.25) is 0 Å². The molecule has 5 heteroatoms. The molecule has 2 unspecified atom stereocenters. The first-order chi connectivity index (χ1) is 9.97. The van der Waals surface area contributed by atoms with Gasteiger partial charge in [0.05, 0.1) is 12.6 Å². The first-order valence-corrected chi connectivity index (χ1v) is 7.35. The lowest BCUT2D eigenvalue weighted by molar-refractivity contribution is -0.128. The second-order valence-corrected chi connectivity index (χ2v) is 6.02. The van der Waals surface area contributed by atoms with Gasteiger partial charge in [0, 0.05) is 6.54 Å². The zero-order valence-corrected chi connectivity index (χ0v) is 12.4. The largest absolute Gasteiger partial charge is 0.387 e. The van der Waals surface area contributed by atoms with Gasteiger partial charge in [-0.2, -0.15) is 0 Å². The highest BCUT2D eigenvalue weighted by atomic mass is 16.3. The molecule has 3 amide bonds. The smallest absolute Gasteiger partial charge is 0.327 e. The molecule has 2 heterocycles. The molecule has 1 aromatic rings. The molecule has 2 aliphatic heterocycles. The summed E-state index contributed by atoms with van der Waals surface area (Å²) in [6, 6.07) is 5.25. The van der Waals surface area contributed by atoms with E-state index in [2.05, 4.69) is 0 Å². The highest BCUT2D eigenvalue weighted by molar-refractivity contribution is 6.04. The fraction of sp³-hybridized carbons (Fsp3) is 0.500. The molecule has 1 aromatic carbocycles. The second kappa shape index (κ2) is 5.15. The van der Waals surface area contributed by atoms with E-state index < -0.39 is 6.10 Å². The molecule has 2 fully saturated rings. The van der Waals surface area contributed by atoms with Gasteiger partial charge in [-0.3, -0.25) is 9.69 Å². The van der Waals surface area contributed by atoms with Gasteiger partial charge in [-0.1, -0.05) is 29.3 Å². The summed E-state index contributed by atoms with van der Waals surface area (Å²) in [5, 5.41) is 10.4. The van der Waals surface area contributed by atoms with Crippen molar-refractivity contribution in [2.75, 3.05) is 13.1 Å². The minimum Gasteiger partial charge on any atom is -0.387 e. The van der Waals surface area contributed by atoms with Crippen LogP contribution in [0.1, 0.15) is 35.6 Å². The lowest BCUT2D eigenvalue weighted by Gasteiger charge is -2.20. The molecule has 2 aliphatic rings. The van der Waals surface area contributed by atoms with E-state index in [0.29, 0.717) is 6.54 Å². The number of β-amino-alcohol motifs (C(OH)–C–C–N with tert-alkyl or cyclic N) is 1. The second-order valence-electron chi connectivity index (χ2n) is 6.02. The van der Waals surface area contributed by atoms with Crippen LogP contribution in [-0.2, 0) is 4.79 Å². The molecule has 0 aromatic heterocycles. The van der Waals surface area contributed by atoms with Crippen LogP contribution in [-0.4, -0.2) is 46.0 Å². The van der Waals surface area contributed by atoms with Gasteiger partial charge in [-0.25, -0.2) is 4.79 Å². The third kappa shape index (κ3) is 2.42. The average Bonchev–Trinajstić information content (AvgIpc) is 2.97. The maximum absolute atomic E-state index is 12.3. The molecule has 3 rings (SSSR count). The topological polar surface area (TPSA) is 60.9 Å². The summed E-state index contributed by atoms with van der Waals surface area (Å²) in [6.45, 7) is 4.61. The predicted octanol–water partition coefficient (Wildman–Crippen LogP) is 1.76. The third-order valence-corrected chi connectivity index (χ3v) is 4.26. The first-order valence-electron chi connectivity index (χ1n) is 7.35. The number of urea groups is 1. The molecule has 0 spiro atoms. The van der Waals surface area contributed by atoms with E-state index in [1.807, 2.05) is 32.0 Å². The molecule has 0 saturated carbocycles. The monoisotopic (exact) mass is 288 g/mol. The van der Waals surface area contributed by atoms with E-state index in [9.17, 15) is 14.7 Å². The predicted molar refractivity (Wildman–Crippen MR) is 77.7 cm³/mol. The van der Waals surface area contributed by atoms with Crippen molar-refractivity contribution < 1.29 is 14.7 Å². The summed E-state index contributed by atoms with van der Waals surface area (Å²) in [6.07, 6.45) is 0.785. The summed E-state index contributed by atoms with van der Waals surface area (Å²) in [7, 11) is 0.